The van der Waals surface area contributed by atoms with Gasteiger partial charge in [0.05, 0.1) is 0 Å². The van der Waals surface area contributed by atoms with Gasteiger partial charge in [-0.05, 0) is 81.0 Å². The molecule has 0 aliphatic heterocycles. The maximum Gasteiger partial charge on any atom is 0.0311 e. The van der Waals surface area contributed by atoms with Crippen LogP contribution in [0.25, 0.3) is 0 Å². The highest BCUT2D eigenvalue weighted by atomic mass is 127. The SMILES string of the molecule is Brc1cc2c(cc1I)CCC2. The van der Waals surface area contributed by atoms with Gasteiger partial charge in [0.15, 0.2) is 0 Å². The second-order valence-corrected chi connectivity index (χ2v) is 4.91. The monoisotopic (exact) mass is 322 g/mol. The van der Waals surface area contributed by atoms with Gasteiger partial charge in [-0.15, -0.1) is 0 Å². The fourth-order valence-electron chi connectivity index (χ4n) is 1.56. The average molecular weight is 323 g/mol. The van der Waals surface area contributed by atoms with Crippen LogP contribution in [-0.2, 0) is 12.8 Å². The van der Waals surface area contributed by atoms with Gasteiger partial charge < -0.3 is 0 Å². The third-order valence-electron chi connectivity index (χ3n) is 2.13. The van der Waals surface area contributed by atoms with E-state index in [0.717, 1.165) is 0 Å². The topological polar surface area (TPSA) is 0 Å². The molecule has 0 heterocycles. The van der Waals surface area contributed by atoms with Crippen LogP contribution in [0.3, 0.4) is 0 Å². The number of rotatable bonds is 0. The number of halogens is 2. The van der Waals surface area contributed by atoms with E-state index in [1.807, 2.05) is 0 Å². The van der Waals surface area contributed by atoms with Crippen LogP contribution in [0, 0.1) is 3.57 Å². The standard InChI is InChI=1S/C9H8BrI/c10-8-4-6-2-1-3-7(6)5-9(8)11/h4-5H,1-3H2. The van der Waals surface area contributed by atoms with Gasteiger partial charge in [0.2, 0.25) is 0 Å². The number of hydrogen-bond donors (Lipinski definition) is 0. The largest absolute Gasteiger partial charge is 0.0497 e. The molecule has 0 nitrogen and oxygen atoms in total. The van der Waals surface area contributed by atoms with E-state index in [1.54, 1.807) is 5.56 Å². The highest BCUT2D eigenvalue weighted by molar-refractivity contribution is 14.1. The molecule has 11 heavy (non-hydrogen) atoms. The summed E-state index contributed by atoms with van der Waals surface area (Å²) in [5.74, 6) is 0. The molecule has 0 amide bonds. The second-order valence-electron chi connectivity index (χ2n) is 2.89. The lowest BCUT2D eigenvalue weighted by Gasteiger charge is -2.01. The first-order valence-electron chi connectivity index (χ1n) is 3.74. The summed E-state index contributed by atoms with van der Waals surface area (Å²) in [5, 5.41) is 0. The average Bonchev–Trinajstić information content (AvgIpc) is 2.36. The summed E-state index contributed by atoms with van der Waals surface area (Å²) >= 11 is 5.91. The first-order chi connectivity index (χ1) is 5.27. The van der Waals surface area contributed by atoms with Crippen LogP contribution in [-0.4, -0.2) is 0 Å². The van der Waals surface area contributed by atoms with Crippen molar-refractivity contribution >= 4 is 38.5 Å². The Hall–Kier alpha value is 0.430. The first-order valence-corrected chi connectivity index (χ1v) is 5.61. The van der Waals surface area contributed by atoms with Crippen molar-refractivity contribution in [1.29, 1.82) is 0 Å². The fraction of sp³-hybridized carbons (Fsp3) is 0.333. The smallest absolute Gasteiger partial charge is 0.0311 e. The summed E-state index contributed by atoms with van der Waals surface area (Å²) in [7, 11) is 0. The van der Waals surface area contributed by atoms with Gasteiger partial charge >= 0.3 is 0 Å². The zero-order valence-electron chi connectivity index (χ0n) is 6.03. The van der Waals surface area contributed by atoms with Crippen molar-refractivity contribution in [2.75, 3.05) is 0 Å². The van der Waals surface area contributed by atoms with Crippen LogP contribution in [0.5, 0.6) is 0 Å². The normalized spacial score (nSPS) is 15.1. The predicted molar refractivity (Wildman–Crippen MR) is 58.9 cm³/mol. The molecular formula is C9H8BrI. The summed E-state index contributed by atoms with van der Waals surface area (Å²) in [6, 6.07) is 4.57. The highest BCUT2D eigenvalue weighted by Crippen LogP contribution is 2.29. The molecule has 0 atom stereocenters. The summed E-state index contributed by atoms with van der Waals surface area (Å²) in [6.45, 7) is 0. The van der Waals surface area contributed by atoms with E-state index in [0.29, 0.717) is 0 Å². The molecule has 1 aliphatic carbocycles. The van der Waals surface area contributed by atoms with Crippen LogP contribution in [0.4, 0.5) is 0 Å². The van der Waals surface area contributed by atoms with E-state index >= 15 is 0 Å². The van der Waals surface area contributed by atoms with Gasteiger partial charge in [0.1, 0.15) is 0 Å². The van der Waals surface area contributed by atoms with Gasteiger partial charge in [0, 0.05) is 8.04 Å². The zero-order valence-corrected chi connectivity index (χ0v) is 9.78. The second kappa shape index (κ2) is 3.05. The van der Waals surface area contributed by atoms with Crippen molar-refractivity contribution in [2.24, 2.45) is 0 Å². The van der Waals surface area contributed by atoms with Crippen LogP contribution in [0.1, 0.15) is 17.5 Å². The minimum Gasteiger partial charge on any atom is -0.0497 e. The Morgan fingerprint density at radius 2 is 1.82 bits per heavy atom. The van der Waals surface area contributed by atoms with E-state index in [2.05, 4.69) is 50.7 Å². The molecule has 0 aromatic heterocycles. The molecule has 1 aromatic rings. The zero-order chi connectivity index (χ0) is 7.84. The van der Waals surface area contributed by atoms with Crippen molar-refractivity contribution in [2.45, 2.75) is 19.3 Å². The van der Waals surface area contributed by atoms with E-state index in [1.165, 1.54) is 32.9 Å². The summed E-state index contributed by atoms with van der Waals surface area (Å²) in [6.07, 6.45) is 3.88. The molecule has 0 spiro atoms. The van der Waals surface area contributed by atoms with Crippen LogP contribution < -0.4 is 0 Å². The van der Waals surface area contributed by atoms with E-state index in [9.17, 15) is 0 Å². The van der Waals surface area contributed by atoms with Crippen molar-refractivity contribution in [3.63, 3.8) is 0 Å². The van der Waals surface area contributed by atoms with Crippen LogP contribution in [0.2, 0.25) is 0 Å². The molecule has 0 N–H and O–H groups in total. The summed E-state index contributed by atoms with van der Waals surface area (Å²) in [4.78, 5) is 0. The minimum absolute atomic E-state index is 1.25. The molecule has 1 aliphatic rings. The summed E-state index contributed by atoms with van der Waals surface area (Å²) in [5.41, 5.74) is 3.09. The molecule has 0 bridgehead atoms. The Morgan fingerprint density at radius 3 is 2.55 bits per heavy atom. The maximum atomic E-state index is 3.54. The molecule has 0 fully saturated rings. The molecule has 58 valence electrons. The Balaban J connectivity index is 2.57. The fourth-order valence-corrected chi connectivity index (χ4v) is 2.49. The molecule has 0 saturated heterocycles. The number of aryl methyl sites for hydroxylation is 2. The van der Waals surface area contributed by atoms with Gasteiger partial charge in [-0.3, -0.25) is 0 Å². The van der Waals surface area contributed by atoms with Crippen molar-refractivity contribution < 1.29 is 0 Å². The lowest BCUT2D eigenvalue weighted by molar-refractivity contribution is 0.911. The Morgan fingerprint density at radius 1 is 1.18 bits per heavy atom. The highest BCUT2D eigenvalue weighted by Gasteiger charge is 2.11. The quantitative estimate of drug-likeness (QED) is 0.641. The summed E-state index contributed by atoms with van der Waals surface area (Å²) < 4.78 is 2.59. The van der Waals surface area contributed by atoms with Crippen LogP contribution >= 0.6 is 38.5 Å². The van der Waals surface area contributed by atoms with Crippen molar-refractivity contribution in [1.82, 2.24) is 0 Å². The molecule has 2 rings (SSSR count). The van der Waals surface area contributed by atoms with Gasteiger partial charge in [-0.1, -0.05) is 0 Å². The Bertz CT molecular complexity index is 265. The number of fused-ring (bicyclic) bond motifs is 1. The van der Waals surface area contributed by atoms with Crippen LogP contribution in [0.15, 0.2) is 16.6 Å². The Labute approximate surface area is 88.6 Å². The van der Waals surface area contributed by atoms with Gasteiger partial charge in [-0.25, -0.2) is 0 Å². The lowest BCUT2D eigenvalue weighted by atomic mass is 10.1. The molecule has 0 saturated carbocycles. The first kappa shape index (κ1) is 8.05. The molecular weight excluding hydrogens is 315 g/mol. The van der Waals surface area contributed by atoms with Gasteiger partial charge in [-0.2, -0.15) is 0 Å². The third-order valence-corrected chi connectivity index (χ3v) is 4.42. The number of benzene rings is 1. The van der Waals surface area contributed by atoms with E-state index < -0.39 is 0 Å². The van der Waals surface area contributed by atoms with Gasteiger partial charge in [0.25, 0.3) is 0 Å². The molecule has 0 unspecified atom stereocenters. The molecule has 1 aromatic carbocycles. The Kier molecular flexibility index (Phi) is 2.23. The lowest BCUT2D eigenvalue weighted by Crippen LogP contribution is -1.84. The predicted octanol–water partition coefficient (Wildman–Crippen LogP) is 3.54. The third kappa shape index (κ3) is 1.47. The minimum atomic E-state index is 1.25. The molecule has 0 radical (unpaired) electrons. The van der Waals surface area contributed by atoms with Crippen molar-refractivity contribution in [3.8, 4) is 0 Å². The molecule has 2 heteroatoms. The maximum absolute atomic E-state index is 3.54. The van der Waals surface area contributed by atoms with E-state index in [-0.39, 0.29) is 0 Å². The number of hydrogen-bond acceptors (Lipinski definition) is 0. The van der Waals surface area contributed by atoms with E-state index in [4.69, 9.17) is 0 Å². The van der Waals surface area contributed by atoms with Crippen molar-refractivity contribution in [3.05, 3.63) is 31.3 Å².